The highest BCUT2D eigenvalue weighted by atomic mass is 19.4. The van der Waals surface area contributed by atoms with Crippen molar-refractivity contribution in [3.05, 3.63) is 66.1 Å². The molecule has 0 aliphatic carbocycles. The lowest BCUT2D eigenvalue weighted by Crippen LogP contribution is -2.19. The highest BCUT2D eigenvalue weighted by molar-refractivity contribution is 6.04. The van der Waals surface area contributed by atoms with E-state index in [1.165, 1.54) is 30.5 Å². The second-order valence-corrected chi connectivity index (χ2v) is 5.08. The number of hydrogen-bond acceptors (Lipinski definition) is 4. The molecular weight excluding hydrogens is 335 g/mol. The summed E-state index contributed by atoms with van der Waals surface area (Å²) in [7, 11) is 0. The van der Waals surface area contributed by atoms with Crippen LogP contribution in [0.1, 0.15) is 16.1 Å². The Morgan fingerprint density at radius 3 is 2.52 bits per heavy atom. The molecule has 9 heteroatoms. The molecule has 3 rings (SSSR count). The van der Waals surface area contributed by atoms with Crippen LogP contribution in [0.2, 0.25) is 0 Å². The Kier molecular flexibility index (Phi) is 4.14. The average molecular weight is 347 g/mol. The van der Waals surface area contributed by atoms with Gasteiger partial charge in [-0.25, -0.2) is 9.67 Å². The third kappa shape index (κ3) is 3.44. The summed E-state index contributed by atoms with van der Waals surface area (Å²) < 4.78 is 41.2. The number of aromatic nitrogens is 3. The van der Waals surface area contributed by atoms with Crippen LogP contribution in [0.15, 0.2) is 54.9 Å². The fraction of sp³-hybridized carbons (Fsp3) is 0.0625. The summed E-state index contributed by atoms with van der Waals surface area (Å²) in [5.74, 6) is -0.657. The van der Waals surface area contributed by atoms with E-state index in [-0.39, 0.29) is 17.1 Å². The van der Waals surface area contributed by atoms with Crippen molar-refractivity contribution in [3.63, 3.8) is 0 Å². The fourth-order valence-electron chi connectivity index (χ4n) is 2.26. The number of nitrogens with zero attached hydrogens (tertiary/aromatic N) is 3. The molecule has 6 nitrogen and oxygen atoms in total. The van der Waals surface area contributed by atoms with Crippen molar-refractivity contribution in [1.82, 2.24) is 14.8 Å². The van der Waals surface area contributed by atoms with Crippen molar-refractivity contribution < 1.29 is 18.0 Å². The van der Waals surface area contributed by atoms with E-state index in [4.69, 9.17) is 5.73 Å². The monoisotopic (exact) mass is 347 g/mol. The second kappa shape index (κ2) is 6.27. The van der Waals surface area contributed by atoms with Gasteiger partial charge in [-0.1, -0.05) is 18.2 Å². The van der Waals surface area contributed by atoms with Crippen LogP contribution in [0, 0.1) is 0 Å². The number of para-hydroxylation sites is 1. The van der Waals surface area contributed by atoms with Crippen molar-refractivity contribution in [2.75, 3.05) is 11.1 Å². The standard InChI is InChI=1S/C16H12F3N5O/c17-16(18,19)14-12(9-22-24(14)11-4-2-1-3-5-11)23-15(25)10-6-7-21-13(20)8-10/h1-9H,(H2,20,21)(H,23,25). The van der Waals surface area contributed by atoms with E-state index in [0.29, 0.717) is 0 Å². The van der Waals surface area contributed by atoms with Crippen molar-refractivity contribution >= 4 is 17.4 Å². The lowest BCUT2D eigenvalue weighted by Gasteiger charge is -2.13. The molecule has 3 aromatic rings. The zero-order chi connectivity index (χ0) is 18.0. The first kappa shape index (κ1) is 16.5. The van der Waals surface area contributed by atoms with Gasteiger partial charge in [-0.2, -0.15) is 18.3 Å². The number of carbonyl (C=O) groups is 1. The first-order valence-electron chi connectivity index (χ1n) is 7.10. The maximum Gasteiger partial charge on any atom is 0.435 e. The molecule has 128 valence electrons. The number of anilines is 2. The molecule has 0 radical (unpaired) electrons. The zero-order valence-electron chi connectivity index (χ0n) is 12.7. The Morgan fingerprint density at radius 1 is 1.16 bits per heavy atom. The molecule has 2 heterocycles. The minimum Gasteiger partial charge on any atom is -0.384 e. The van der Waals surface area contributed by atoms with Gasteiger partial charge in [-0.05, 0) is 24.3 Å². The van der Waals surface area contributed by atoms with Crippen molar-refractivity contribution in [3.8, 4) is 5.69 Å². The summed E-state index contributed by atoms with van der Waals surface area (Å²) in [6.45, 7) is 0. The quantitative estimate of drug-likeness (QED) is 0.762. The van der Waals surface area contributed by atoms with Crippen LogP contribution in [0.4, 0.5) is 24.7 Å². The van der Waals surface area contributed by atoms with Crippen LogP contribution >= 0.6 is 0 Å². The number of halogens is 3. The van der Waals surface area contributed by atoms with E-state index in [1.54, 1.807) is 18.2 Å². The van der Waals surface area contributed by atoms with Crippen molar-refractivity contribution in [2.24, 2.45) is 0 Å². The first-order valence-corrected chi connectivity index (χ1v) is 7.10. The third-order valence-corrected chi connectivity index (χ3v) is 3.33. The maximum absolute atomic E-state index is 13.5. The van der Waals surface area contributed by atoms with Gasteiger partial charge in [0.2, 0.25) is 0 Å². The lowest BCUT2D eigenvalue weighted by molar-refractivity contribution is -0.142. The van der Waals surface area contributed by atoms with Gasteiger partial charge in [0.25, 0.3) is 5.91 Å². The van der Waals surface area contributed by atoms with Crippen molar-refractivity contribution in [2.45, 2.75) is 6.18 Å². The number of benzene rings is 1. The summed E-state index contributed by atoms with van der Waals surface area (Å²) in [6.07, 6.45) is -2.47. The number of rotatable bonds is 3. The SMILES string of the molecule is Nc1cc(C(=O)Nc2cnn(-c3ccccc3)c2C(F)(F)F)ccn1. The van der Waals surface area contributed by atoms with E-state index in [2.05, 4.69) is 15.4 Å². The number of hydrogen-bond donors (Lipinski definition) is 2. The van der Waals surface area contributed by atoms with Gasteiger partial charge in [0.1, 0.15) is 5.82 Å². The molecule has 0 fully saturated rings. The van der Waals surface area contributed by atoms with Gasteiger partial charge in [0.05, 0.1) is 17.6 Å². The van der Waals surface area contributed by atoms with Crippen LogP contribution in [0.25, 0.3) is 5.69 Å². The number of amides is 1. The largest absolute Gasteiger partial charge is 0.435 e. The zero-order valence-corrected chi connectivity index (χ0v) is 12.7. The highest BCUT2D eigenvalue weighted by Gasteiger charge is 2.39. The molecule has 1 amide bonds. The summed E-state index contributed by atoms with van der Waals surface area (Å²) in [6, 6.07) is 10.4. The molecule has 1 aromatic carbocycles. The summed E-state index contributed by atoms with van der Waals surface area (Å²) in [5, 5.41) is 5.99. The average Bonchev–Trinajstić information content (AvgIpc) is 2.99. The van der Waals surface area contributed by atoms with Gasteiger partial charge >= 0.3 is 6.18 Å². The summed E-state index contributed by atoms with van der Waals surface area (Å²) in [5.41, 5.74) is 4.28. The summed E-state index contributed by atoms with van der Waals surface area (Å²) in [4.78, 5) is 15.9. The Bertz CT molecular complexity index is 906. The number of nitrogen functional groups attached to an aromatic ring is 1. The molecule has 2 aromatic heterocycles. The van der Waals surface area contributed by atoms with Gasteiger partial charge < -0.3 is 11.1 Å². The first-order chi connectivity index (χ1) is 11.9. The second-order valence-electron chi connectivity index (χ2n) is 5.08. The molecule has 3 N–H and O–H groups in total. The molecule has 0 spiro atoms. The topological polar surface area (TPSA) is 85.8 Å². The Balaban J connectivity index is 2.00. The normalized spacial score (nSPS) is 11.3. The Labute approximate surface area is 140 Å². The van der Waals surface area contributed by atoms with Crippen LogP contribution in [-0.2, 0) is 6.18 Å². The molecule has 0 saturated heterocycles. The van der Waals surface area contributed by atoms with Crippen LogP contribution in [0.3, 0.4) is 0 Å². The molecule has 0 aliphatic heterocycles. The number of nitrogens with two attached hydrogens (primary N) is 1. The molecule has 25 heavy (non-hydrogen) atoms. The van der Waals surface area contributed by atoms with Crippen molar-refractivity contribution in [1.29, 1.82) is 0 Å². The van der Waals surface area contributed by atoms with Gasteiger partial charge in [0, 0.05) is 11.8 Å². The lowest BCUT2D eigenvalue weighted by atomic mass is 10.2. The van der Waals surface area contributed by atoms with Crippen LogP contribution in [0.5, 0.6) is 0 Å². The molecular formula is C16H12F3N5O. The molecule has 0 unspecified atom stereocenters. The predicted molar refractivity (Wildman–Crippen MR) is 85.2 cm³/mol. The van der Waals surface area contributed by atoms with Crippen LogP contribution < -0.4 is 11.1 Å². The Morgan fingerprint density at radius 2 is 1.88 bits per heavy atom. The minimum atomic E-state index is -4.72. The highest BCUT2D eigenvalue weighted by Crippen LogP contribution is 2.36. The number of carbonyl (C=O) groups excluding carboxylic acids is 1. The predicted octanol–water partition coefficient (Wildman–Crippen LogP) is 3.12. The number of alkyl halides is 3. The summed E-state index contributed by atoms with van der Waals surface area (Å²) >= 11 is 0. The number of pyridine rings is 1. The molecule has 0 bridgehead atoms. The maximum atomic E-state index is 13.5. The Hall–Kier alpha value is -3.36. The van der Waals surface area contributed by atoms with Gasteiger partial charge in [-0.15, -0.1) is 0 Å². The van der Waals surface area contributed by atoms with E-state index in [1.807, 2.05) is 0 Å². The molecule has 0 saturated carbocycles. The molecule has 0 aliphatic rings. The van der Waals surface area contributed by atoms with E-state index >= 15 is 0 Å². The van der Waals surface area contributed by atoms with Gasteiger partial charge in [-0.3, -0.25) is 4.79 Å². The smallest absolute Gasteiger partial charge is 0.384 e. The van der Waals surface area contributed by atoms with Gasteiger partial charge in [0.15, 0.2) is 5.69 Å². The van der Waals surface area contributed by atoms with E-state index < -0.39 is 23.5 Å². The van der Waals surface area contributed by atoms with E-state index in [9.17, 15) is 18.0 Å². The third-order valence-electron chi connectivity index (χ3n) is 3.33. The van der Waals surface area contributed by atoms with E-state index in [0.717, 1.165) is 10.9 Å². The fourth-order valence-corrected chi connectivity index (χ4v) is 2.26. The molecule has 0 atom stereocenters. The van der Waals surface area contributed by atoms with Crippen LogP contribution in [-0.4, -0.2) is 20.7 Å². The number of nitrogens with one attached hydrogen (secondary N) is 1. The minimum absolute atomic E-state index is 0.0867.